The molecule has 92 valence electrons. The zero-order valence-corrected chi connectivity index (χ0v) is 10.1. The van der Waals surface area contributed by atoms with Crippen molar-refractivity contribution in [3.05, 3.63) is 29.3 Å². The summed E-state index contributed by atoms with van der Waals surface area (Å²) < 4.78 is 0. The van der Waals surface area contributed by atoms with Crippen LogP contribution in [0.5, 0.6) is 0 Å². The molecule has 0 aliphatic carbocycles. The largest absolute Gasteiger partial charge is 0.481 e. The van der Waals surface area contributed by atoms with Crippen molar-refractivity contribution in [2.24, 2.45) is 0 Å². The third-order valence-electron chi connectivity index (χ3n) is 2.41. The number of aliphatic carboxylic acids is 1. The Morgan fingerprint density at radius 1 is 1.35 bits per heavy atom. The molecular formula is C13H17NO3. The number of carbonyl (C=O) groups is 2. The summed E-state index contributed by atoms with van der Waals surface area (Å²) in [6.07, 6.45) is 1.38. The minimum atomic E-state index is -0.793. The predicted octanol–water partition coefficient (Wildman–Crippen LogP) is 2.36. The minimum absolute atomic E-state index is 0.116. The van der Waals surface area contributed by atoms with Crippen molar-refractivity contribution in [1.82, 2.24) is 0 Å². The number of benzene rings is 1. The normalized spacial score (nSPS) is 10.0. The molecule has 0 radical (unpaired) electrons. The first-order valence-electron chi connectivity index (χ1n) is 5.58. The van der Waals surface area contributed by atoms with Crippen molar-refractivity contribution in [2.45, 2.75) is 33.1 Å². The molecule has 0 spiro atoms. The second-order valence-corrected chi connectivity index (χ2v) is 4.09. The third-order valence-corrected chi connectivity index (χ3v) is 2.41. The first-order chi connectivity index (χ1) is 7.99. The lowest BCUT2D eigenvalue weighted by molar-refractivity contribution is -0.137. The van der Waals surface area contributed by atoms with Crippen LogP contribution in [0, 0.1) is 6.92 Å². The highest BCUT2D eigenvalue weighted by Crippen LogP contribution is 2.19. The van der Waals surface area contributed by atoms with Crippen LogP contribution in [0.15, 0.2) is 18.2 Å². The summed E-state index contributed by atoms with van der Waals surface area (Å²) in [5, 5.41) is 11.3. The first kappa shape index (κ1) is 13.2. The van der Waals surface area contributed by atoms with Crippen LogP contribution in [0.2, 0.25) is 0 Å². The van der Waals surface area contributed by atoms with Crippen molar-refractivity contribution in [2.75, 3.05) is 5.32 Å². The second-order valence-electron chi connectivity index (χ2n) is 4.09. The Kier molecular flexibility index (Phi) is 4.69. The van der Waals surface area contributed by atoms with Crippen LogP contribution in [-0.2, 0) is 16.0 Å². The van der Waals surface area contributed by atoms with E-state index in [-0.39, 0.29) is 12.3 Å². The number of carbonyl (C=O) groups excluding carboxylic acids is 1. The Hall–Kier alpha value is -1.84. The van der Waals surface area contributed by atoms with Gasteiger partial charge in [0.2, 0.25) is 5.91 Å². The Bertz CT molecular complexity index is 427. The van der Waals surface area contributed by atoms with Gasteiger partial charge in [0.15, 0.2) is 0 Å². The van der Waals surface area contributed by atoms with E-state index in [4.69, 9.17) is 5.11 Å². The smallest absolute Gasteiger partial charge is 0.303 e. The van der Waals surface area contributed by atoms with Gasteiger partial charge in [-0.05, 0) is 37.0 Å². The molecule has 0 fully saturated rings. The summed E-state index contributed by atoms with van der Waals surface area (Å²) in [5.41, 5.74) is 2.82. The Labute approximate surface area is 101 Å². The SMILES string of the molecule is CC(=O)Nc1cc(C)ccc1CCCC(=O)O. The van der Waals surface area contributed by atoms with E-state index in [1.54, 1.807) is 0 Å². The fraction of sp³-hybridized carbons (Fsp3) is 0.385. The maximum atomic E-state index is 11.1. The Morgan fingerprint density at radius 2 is 2.06 bits per heavy atom. The number of nitrogens with one attached hydrogen (secondary N) is 1. The summed E-state index contributed by atoms with van der Waals surface area (Å²) in [7, 11) is 0. The summed E-state index contributed by atoms with van der Waals surface area (Å²) in [4.78, 5) is 21.5. The summed E-state index contributed by atoms with van der Waals surface area (Å²) in [6.45, 7) is 3.41. The van der Waals surface area contributed by atoms with Gasteiger partial charge in [0.05, 0.1) is 0 Å². The van der Waals surface area contributed by atoms with Gasteiger partial charge in [-0.1, -0.05) is 12.1 Å². The molecule has 0 aliphatic rings. The number of carboxylic acid groups (broad SMARTS) is 1. The number of hydrogen-bond donors (Lipinski definition) is 2. The lowest BCUT2D eigenvalue weighted by Crippen LogP contribution is -2.08. The average molecular weight is 235 g/mol. The molecule has 4 nitrogen and oxygen atoms in total. The molecule has 1 aromatic carbocycles. The van der Waals surface area contributed by atoms with Crippen molar-refractivity contribution in [3.63, 3.8) is 0 Å². The predicted molar refractivity (Wildman–Crippen MR) is 66.1 cm³/mol. The molecule has 0 saturated carbocycles. The topological polar surface area (TPSA) is 66.4 Å². The number of amides is 1. The monoisotopic (exact) mass is 235 g/mol. The van der Waals surface area contributed by atoms with E-state index in [2.05, 4.69) is 5.32 Å². The summed E-state index contributed by atoms with van der Waals surface area (Å²) >= 11 is 0. The van der Waals surface area contributed by atoms with Crippen molar-refractivity contribution in [1.29, 1.82) is 0 Å². The van der Waals surface area contributed by atoms with E-state index >= 15 is 0 Å². The van der Waals surface area contributed by atoms with Gasteiger partial charge in [0.25, 0.3) is 0 Å². The second kappa shape index (κ2) is 6.03. The number of hydrogen-bond acceptors (Lipinski definition) is 2. The van der Waals surface area contributed by atoms with Gasteiger partial charge < -0.3 is 10.4 Å². The molecule has 4 heteroatoms. The third kappa shape index (κ3) is 4.68. The Balaban J connectivity index is 2.75. The molecule has 0 atom stereocenters. The van der Waals surface area contributed by atoms with E-state index in [0.717, 1.165) is 16.8 Å². The highest BCUT2D eigenvalue weighted by Gasteiger charge is 2.05. The molecule has 0 unspecified atom stereocenters. The van der Waals surface area contributed by atoms with Gasteiger partial charge in [-0.15, -0.1) is 0 Å². The van der Waals surface area contributed by atoms with Crippen LogP contribution in [-0.4, -0.2) is 17.0 Å². The summed E-state index contributed by atoms with van der Waals surface area (Å²) in [5.74, 6) is -0.909. The zero-order valence-electron chi connectivity index (χ0n) is 10.1. The van der Waals surface area contributed by atoms with Crippen LogP contribution >= 0.6 is 0 Å². The van der Waals surface area contributed by atoms with E-state index in [9.17, 15) is 9.59 Å². The highest BCUT2D eigenvalue weighted by molar-refractivity contribution is 5.89. The molecule has 2 N–H and O–H groups in total. The quantitative estimate of drug-likeness (QED) is 0.823. The van der Waals surface area contributed by atoms with E-state index < -0.39 is 5.97 Å². The van der Waals surface area contributed by atoms with Crippen molar-refractivity contribution < 1.29 is 14.7 Å². The number of carboxylic acids is 1. The molecule has 0 aliphatic heterocycles. The number of rotatable bonds is 5. The summed E-state index contributed by atoms with van der Waals surface area (Å²) in [6, 6.07) is 5.79. The fourth-order valence-corrected chi connectivity index (χ4v) is 1.64. The molecule has 1 rings (SSSR count). The van der Waals surface area contributed by atoms with Crippen LogP contribution in [0.25, 0.3) is 0 Å². The first-order valence-corrected chi connectivity index (χ1v) is 5.58. The molecule has 0 bridgehead atoms. The average Bonchev–Trinajstić information content (AvgIpc) is 2.20. The van der Waals surface area contributed by atoms with E-state index in [1.165, 1.54) is 6.92 Å². The lowest BCUT2D eigenvalue weighted by Gasteiger charge is -2.10. The maximum Gasteiger partial charge on any atom is 0.303 e. The molecule has 1 amide bonds. The van der Waals surface area contributed by atoms with Crippen LogP contribution < -0.4 is 5.32 Å². The van der Waals surface area contributed by atoms with Gasteiger partial charge in [-0.25, -0.2) is 0 Å². The van der Waals surface area contributed by atoms with Gasteiger partial charge in [-0.2, -0.15) is 0 Å². The van der Waals surface area contributed by atoms with Crippen LogP contribution in [0.4, 0.5) is 5.69 Å². The van der Waals surface area contributed by atoms with Gasteiger partial charge in [0, 0.05) is 19.0 Å². The number of aryl methyl sites for hydroxylation is 2. The van der Waals surface area contributed by atoms with Crippen molar-refractivity contribution >= 4 is 17.6 Å². The molecular weight excluding hydrogens is 218 g/mol. The van der Waals surface area contributed by atoms with Gasteiger partial charge >= 0.3 is 5.97 Å². The lowest BCUT2D eigenvalue weighted by atomic mass is 10.0. The molecule has 0 saturated heterocycles. The fourth-order valence-electron chi connectivity index (χ4n) is 1.64. The van der Waals surface area contributed by atoms with Gasteiger partial charge in [-0.3, -0.25) is 9.59 Å². The zero-order chi connectivity index (χ0) is 12.8. The van der Waals surface area contributed by atoms with E-state index in [1.807, 2.05) is 25.1 Å². The van der Waals surface area contributed by atoms with Crippen molar-refractivity contribution in [3.8, 4) is 0 Å². The van der Waals surface area contributed by atoms with Gasteiger partial charge in [0.1, 0.15) is 0 Å². The minimum Gasteiger partial charge on any atom is -0.481 e. The highest BCUT2D eigenvalue weighted by atomic mass is 16.4. The molecule has 0 heterocycles. The standard InChI is InChI=1S/C13H17NO3/c1-9-6-7-11(4-3-5-13(16)17)12(8-9)14-10(2)15/h6-8H,3-5H2,1-2H3,(H,14,15)(H,16,17). The van der Waals surface area contributed by atoms with Crippen LogP contribution in [0.1, 0.15) is 30.9 Å². The van der Waals surface area contributed by atoms with E-state index in [0.29, 0.717) is 12.8 Å². The molecule has 17 heavy (non-hydrogen) atoms. The number of anilines is 1. The molecule has 0 aromatic heterocycles. The Morgan fingerprint density at radius 3 is 2.65 bits per heavy atom. The molecule has 1 aromatic rings. The maximum absolute atomic E-state index is 11.1. The van der Waals surface area contributed by atoms with Crippen LogP contribution in [0.3, 0.4) is 0 Å².